The Bertz CT molecular complexity index is 920. The molecule has 1 aromatic heterocycles. The lowest BCUT2D eigenvalue weighted by Crippen LogP contribution is -2.46. The van der Waals surface area contributed by atoms with Crippen LogP contribution in [-0.2, 0) is 17.8 Å². The van der Waals surface area contributed by atoms with Crippen molar-refractivity contribution in [1.82, 2.24) is 9.88 Å². The number of rotatable bonds is 6. The van der Waals surface area contributed by atoms with Gasteiger partial charge in [-0.05, 0) is 36.6 Å². The molecule has 27 heavy (non-hydrogen) atoms. The normalized spacial score (nSPS) is 16.3. The van der Waals surface area contributed by atoms with Crippen LogP contribution in [0.25, 0.3) is 10.9 Å². The summed E-state index contributed by atoms with van der Waals surface area (Å²) in [6.45, 7) is 1.00. The molecule has 5 nitrogen and oxygen atoms in total. The Kier molecular flexibility index (Phi) is 5.12. The molecule has 140 valence electrons. The summed E-state index contributed by atoms with van der Waals surface area (Å²) in [6.07, 6.45) is 1.75. The standard InChI is InChI=1S/C22H24N2O3/c25-15-16-13-19-18-9-4-5-10-20(18)23-21(19)14-24(16)22(26)11-6-12-27-17-7-2-1-3-8-17/h1-5,7-10,16,23,25H,6,11-15H2. The summed E-state index contributed by atoms with van der Waals surface area (Å²) in [6, 6.07) is 17.6. The average molecular weight is 364 g/mol. The molecule has 5 heteroatoms. The Balaban J connectivity index is 1.39. The van der Waals surface area contributed by atoms with Crippen molar-refractivity contribution in [1.29, 1.82) is 0 Å². The Morgan fingerprint density at radius 1 is 1.15 bits per heavy atom. The zero-order chi connectivity index (χ0) is 18.6. The number of hydrogen-bond acceptors (Lipinski definition) is 3. The van der Waals surface area contributed by atoms with Gasteiger partial charge in [-0.25, -0.2) is 0 Å². The van der Waals surface area contributed by atoms with Crippen molar-refractivity contribution >= 4 is 16.8 Å². The van der Waals surface area contributed by atoms with E-state index in [1.54, 1.807) is 4.90 Å². The monoisotopic (exact) mass is 364 g/mol. The number of ether oxygens (including phenoxy) is 1. The molecule has 1 aliphatic heterocycles. The van der Waals surface area contributed by atoms with E-state index in [9.17, 15) is 9.90 Å². The van der Waals surface area contributed by atoms with Gasteiger partial charge in [-0.15, -0.1) is 0 Å². The van der Waals surface area contributed by atoms with Crippen LogP contribution in [0.15, 0.2) is 54.6 Å². The molecule has 4 rings (SSSR count). The fraction of sp³-hybridized carbons (Fsp3) is 0.318. The first-order chi connectivity index (χ1) is 13.3. The maximum Gasteiger partial charge on any atom is 0.223 e. The molecule has 1 atom stereocenters. The summed E-state index contributed by atoms with van der Waals surface area (Å²) in [4.78, 5) is 18.0. The summed E-state index contributed by atoms with van der Waals surface area (Å²) in [5, 5.41) is 11.0. The fourth-order valence-corrected chi connectivity index (χ4v) is 3.80. The van der Waals surface area contributed by atoms with Crippen LogP contribution in [0.2, 0.25) is 0 Å². The molecule has 2 aromatic carbocycles. The number of amides is 1. The maximum absolute atomic E-state index is 12.7. The van der Waals surface area contributed by atoms with Crippen LogP contribution in [0.1, 0.15) is 24.1 Å². The molecule has 1 aliphatic rings. The van der Waals surface area contributed by atoms with Crippen LogP contribution in [0.5, 0.6) is 5.75 Å². The molecular weight excluding hydrogens is 340 g/mol. The summed E-state index contributed by atoms with van der Waals surface area (Å²) in [5.74, 6) is 0.883. The number of fused-ring (bicyclic) bond motifs is 3. The van der Waals surface area contributed by atoms with Crippen molar-refractivity contribution in [2.75, 3.05) is 13.2 Å². The van der Waals surface area contributed by atoms with Gasteiger partial charge in [0, 0.05) is 23.0 Å². The molecule has 0 aliphatic carbocycles. The van der Waals surface area contributed by atoms with Crippen LogP contribution in [0.4, 0.5) is 0 Å². The molecule has 1 unspecified atom stereocenters. The van der Waals surface area contributed by atoms with Crippen molar-refractivity contribution in [3.8, 4) is 5.75 Å². The molecule has 2 N–H and O–H groups in total. The number of carbonyl (C=O) groups excluding carboxylic acids is 1. The van der Waals surface area contributed by atoms with Crippen molar-refractivity contribution in [2.45, 2.75) is 31.8 Å². The minimum absolute atomic E-state index is 0.0226. The van der Waals surface area contributed by atoms with Crippen LogP contribution in [-0.4, -0.2) is 40.2 Å². The maximum atomic E-state index is 12.7. The molecule has 2 heterocycles. The summed E-state index contributed by atoms with van der Waals surface area (Å²) in [7, 11) is 0. The SMILES string of the molecule is O=C(CCCOc1ccccc1)N1Cc2[nH]c3ccccc3c2CC1CO. The predicted molar refractivity (Wildman–Crippen MR) is 105 cm³/mol. The van der Waals surface area contributed by atoms with Gasteiger partial charge in [0.25, 0.3) is 0 Å². The lowest BCUT2D eigenvalue weighted by Gasteiger charge is -2.35. The Morgan fingerprint density at radius 2 is 1.93 bits per heavy atom. The third-order valence-electron chi connectivity index (χ3n) is 5.19. The number of H-pyrrole nitrogens is 1. The molecule has 0 bridgehead atoms. The molecule has 3 aromatic rings. The minimum Gasteiger partial charge on any atom is -0.494 e. The van der Waals surface area contributed by atoms with E-state index in [1.165, 1.54) is 10.9 Å². The summed E-state index contributed by atoms with van der Waals surface area (Å²) >= 11 is 0. The van der Waals surface area contributed by atoms with Gasteiger partial charge in [-0.1, -0.05) is 36.4 Å². The molecule has 0 spiro atoms. The second-order valence-corrected chi connectivity index (χ2v) is 6.95. The zero-order valence-electron chi connectivity index (χ0n) is 15.2. The molecule has 0 fully saturated rings. The quantitative estimate of drug-likeness (QED) is 0.660. The number of aromatic amines is 1. The number of hydrogen-bond donors (Lipinski definition) is 2. The molecule has 0 saturated carbocycles. The van der Waals surface area contributed by atoms with E-state index in [0.717, 1.165) is 17.0 Å². The molecular formula is C22H24N2O3. The second-order valence-electron chi connectivity index (χ2n) is 6.95. The van der Waals surface area contributed by atoms with Crippen molar-refractivity contribution in [3.63, 3.8) is 0 Å². The summed E-state index contributed by atoms with van der Waals surface area (Å²) in [5.41, 5.74) is 3.39. The van der Waals surface area contributed by atoms with Crippen molar-refractivity contribution in [2.24, 2.45) is 0 Å². The molecule has 0 radical (unpaired) electrons. The van der Waals surface area contributed by atoms with Crippen LogP contribution < -0.4 is 4.74 Å². The van der Waals surface area contributed by atoms with Gasteiger partial charge in [-0.2, -0.15) is 0 Å². The van der Waals surface area contributed by atoms with Crippen LogP contribution in [0, 0.1) is 0 Å². The predicted octanol–water partition coefficient (Wildman–Crippen LogP) is 3.27. The van der Waals surface area contributed by atoms with E-state index in [4.69, 9.17) is 4.74 Å². The number of nitrogens with zero attached hydrogens (tertiary/aromatic N) is 1. The van der Waals surface area contributed by atoms with Crippen LogP contribution in [0.3, 0.4) is 0 Å². The van der Waals surface area contributed by atoms with E-state index >= 15 is 0 Å². The Labute approximate surface area is 158 Å². The Hall–Kier alpha value is -2.79. The third kappa shape index (κ3) is 3.69. The van der Waals surface area contributed by atoms with Gasteiger partial charge in [0.2, 0.25) is 5.91 Å². The fourth-order valence-electron chi connectivity index (χ4n) is 3.80. The van der Waals surface area contributed by atoms with Gasteiger partial charge in [-0.3, -0.25) is 4.79 Å². The number of aliphatic hydroxyl groups is 1. The van der Waals surface area contributed by atoms with E-state index in [1.807, 2.05) is 42.5 Å². The van der Waals surface area contributed by atoms with Crippen LogP contribution >= 0.6 is 0 Å². The number of carbonyl (C=O) groups is 1. The summed E-state index contributed by atoms with van der Waals surface area (Å²) < 4.78 is 5.67. The van der Waals surface area contributed by atoms with Gasteiger partial charge in [0.05, 0.1) is 25.8 Å². The first-order valence-electron chi connectivity index (χ1n) is 9.43. The Morgan fingerprint density at radius 3 is 2.74 bits per heavy atom. The molecule has 0 saturated heterocycles. The topological polar surface area (TPSA) is 65.6 Å². The van der Waals surface area contributed by atoms with Gasteiger partial charge in [0.15, 0.2) is 0 Å². The highest BCUT2D eigenvalue weighted by molar-refractivity contribution is 5.86. The van der Waals surface area contributed by atoms with Gasteiger partial charge >= 0.3 is 0 Å². The zero-order valence-corrected chi connectivity index (χ0v) is 15.2. The van der Waals surface area contributed by atoms with E-state index < -0.39 is 0 Å². The van der Waals surface area contributed by atoms with Gasteiger partial charge < -0.3 is 19.7 Å². The van der Waals surface area contributed by atoms with Crippen molar-refractivity contribution < 1.29 is 14.6 Å². The number of aliphatic hydroxyl groups excluding tert-OH is 1. The molecule has 1 amide bonds. The minimum atomic E-state index is -0.167. The average Bonchev–Trinajstić information content (AvgIpc) is 3.08. The van der Waals surface area contributed by atoms with Crippen molar-refractivity contribution in [3.05, 3.63) is 65.9 Å². The number of nitrogens with one attached hydrogen (secondary N) is 1. The van der Waals surface area contributed by atoms with E-state index in [-0.39, 0.29) is 18.6 Å². The highest BCUT2D eigenvalue weighted by atomic mass is 16.5. The highest BCUT2D eigenvalue weighted by Gasteiger charge is 2.31. The number of para-hydroxylation sites is 2. The van der Waals surface area contributed by atoms with E-state index in [2.05, 4.69) is 17.1 Å². The highest BCUT2D eigenvalue weighted by Crippen LogP contribution is 2.30. The lowest BCUT2D eigenvalue weighted by atomic mass is 9.96. The lowest BCUT2D eigenvalue weighted by molar-refractivity contribution is -0.136. The smallest absolute Gasteiger partial charge is 0.223 e. The van der Waals surface area contributed by atoms with Gasteiger partial charge in [0.1, 0.15) is 5.75 Å². The first kappa shape index (κ1) is 17.6. The second kappa shape index (κ2) is 7.84. The number of aromatic nitrogens is 1. The van der Waals surface area contributed by atoms with E-state index in [0.29, 0.717) is 32.4 Å². The first-order valence-corrected chi connectivity index (χ1v) is 9.43. The third-order valence-corrected chi connectivity index (χ3v) is 5.19. The largest absolute Gasteiger partial charge is 0.494 e. The number of benzene rings is 2.